The minimum absolute atomic E-state index is 0.00249. The second-order valence-corrected chi connectivity index (χ2v) is 20.3. The van der Waals surface area contributed by atoms with Crippen LogP contribution in [0.2, 0.25) is 0 Å². The van der Waals surface area contributed by atoms with Crippen molar-refractivity contribution < 1.29 is 96.8 Å². The predicted octanol–water partition coefficient (Wildman–Crippen LogP) is 3.65. The normalized spacial score (nSPS) is 27.2. The number of hydrogen-bond acceptors (Lipinski definition) is 18. The fourth-order valence-electron chi connectivity index (χ4n) is 11.1. The lowest BCUT2D eigenvalue weighted by atomic mass is 9.48. The average Bonchev–Trinajstić information content (AvgIpc) is 2.37. The number of nitrogens with one attached hydrogen (secondary N) is 2. The second kappa shape index (κ2) is 24.2. The molecule has 12 atom stereocenters. The first-order valence-corrected chi connectivity index (χ1v) is 25.4. The molecule has 22 heteroatoms. The van der Waals surface area contributed by atoms with Crippen molar-refractivity contribution in [3.63, 3.8) is 0 Å². The smallest absolute Gasteiger partial charge is 0.350 e. The summed E-state index contributed by atoms with van der Waals surface area (Å²) < 4.78 is 36.2. The molecule has 22 nitrogen and oxygen atoms in total. The summed E-state index contributed by atoms with van der Waals surface area (Å²) in [5.74, 6) is -11.8. The van der Waals surface area contributed by atoms with Gasteiger partial charge in [0.15, 0.2) is 17.5 Å². The molecule has 2 amide bonds. The van der Waals surface area contributed by atoms with Crippen molar-refractivity contribution in [3.8, 4) is 0 Å². The first-order valence-electron chi connectivity index (χ1n) is 25.4. The fraction of sp³-hybridized carbons (Fsp3) is 0.464. The van der Waals surface area contributed by atoms with E-state index in [0.717, 1.165) is 13.8 Å². The maximum atomic E-state index is 15.5. The highest BCUT2D eigenvalue weighted by Gasteiger charge is 2.76. The SMILES string of the molecule is CC(=O)O[C@H]1C(=O)[C@@]2(C)C([C@H](OC(=O)c3ccccc3)[C@@]3(O)CC1=C(C)[C@@H](OC(=O)[C@H](OC(=O)CCCCC(=O)N[C@@H](CCC(=O)O)C(=O)O)[C@@H](NC(=O)c1ccccc1)c1ccccc1)C3)[C@]1(OC(C)=O)CO[C@@H]1C[C@@H]2O. The number of ketones is 1. The Kier molecular flexibility index (Phi) is 18.0. The zero-order chi connectivity index (χ0) is 56.7. The molecule has 1 aliphatic heterocycles. The number of aliphatic carboxylic acids is 2. The Morgan fingerprint density at radius 2 is 1.40 bits per heavy atom. The number of aliphatic hydroxyl groups is 2. The molecule has 3 aromatic carbocycles. The van der Waals surface area contributed by atoms with Crippen LogP contribution >= 0.6 is 0 Å². The number of benzene rings is 3. The Labute approximate surface area is 447 Å². The van der Waals surface area contributed by atoms with Gasteiger partial charge in [-0.05, 0) is 74.1 Å². The average molecular weight is 1080 g/mol. The molecule has 2 saturated carbocycles. The van der Waals surface area contributed by atoms with Crippen LogP contribution in [0, 0.1) is 11.3 Å². The molecule has 78 heavy (non-hydrogen) atoms. The van der Waals surface area contributed by atoms with Crippen molar-refractivity contribution in [2.75, 3.05) is 6.61 Å². The number of amides is 2. The summed E-state index contributed by atoms with van der Waals surface area (Å²) in [6, 6.07) is 20.5. The number of carboxylic acid groups (broad SMARTS) is 2. The van der Waals surface area contributed by atoms with Crippen molar-refractivity contribution in [1.29, 1.82) is 0 Å². The lowest BCUT2D eigenvalue weighted by Gasteiger charge is -2.65. The highest BCUT2D eigenvalue weighted by atomic mass is 16.6. The van der Waals surface area contributed by atoms with E-state index in [0.29, 0.717) is 0 Å². The largest absolute Gasteiger partial charge is 0.481 e. The number of aliphatic hydroxyl groups excluding tert-OH is 1. The summed E-state index contributed by atoms with van der Waals surface area (Å²) >= 11 is 0. The molecule has 4 aliphatic rings. The summed E-state index contributed by atoms with van der Waals surface area (Å²) in [6.45, 7) is 4.57. The van der Waals surface area contributed by atoms with Crippen molar-refractivity contribution in [1.82, 2.24) is 10.6 Å². The van der Waals surface area contributed by atoms with Crippen LogP contribution in [-0.4, -0.2) is 140 Å². The second-order valence-electron chi connectivity index (χ2n) is 20.3. The molecule has 0 spiro atoms. The lowest BCUT2D eigenvalue weighted by molar-refractivity contribution is -0.340. The van der Waals surface area contributed by atoms with Gasteiger partial charge in [0.1, 0.15) is 36.0 Å². The molecule has 3 aliphatic carbocycles. The first-order chi connectivity index (χ1) is 37.0. The van der Waals surface area contributed by atoms with Crippen LogP contribution in [0.1, 0.15) is 118 Å². The minimum atomic E-state index is -2.43. The van der Waals surface area contributed by atoms with Crippen LogP contribution in [0.15, 0.2) is 102 Å². The van der Waals surface area contributed by atoms with Gasteiger partial charge in [-0.25, -0.2) is 14.4 Å². The molecule has 416 valence electrons. The molecule has 6 N–H and O–H groups in total. The highest BCUT2D eigenvalue weighted by molar-refractivity contribution is 5.96. The Morgan fingerprint density at radius 3 is 1.97 bits per heavy atom. The zero-order valence-corrected chi connectivity index (χ0v) is 43.2. The molecule has 3 aromatic rings. The summed E-state index contributed by atoms with van der Waals surface area (Å²) in [7, 11) is 0. The number of carbonyl (C=O) groups is 10. The lowest BCUT2D eigenvalue weighted by Crippen LogP contribution is -2.80. The van der Waals surface area contributed by atoms with Gasteiger partial charge < -0.3 is 59.5 Å². The third-order valence-electron chi connectivity index (χ3n) is 15.0. The molecule has 1 saturated heterocycles. The molecule has 3 fully saturated rings. The van der Waals surface area contributed by atoms with E-state index >= 15 is 9.59 Å². The molecule has 2 bridgehead atoms. The number of rotatable bonds is 21. The van der Waals surface area contributed by atoms with Gasteiger partial charge in [-0.2, -0.15) is 0 Å². The first kappa shape index (κ1) is 57.9. The van der Waals surface area contributed by atoms with Crippen molar-refractivity contribution >= 4 is 59.4 Å². The number of esters is 5. The van der Waals surface area contributed by atoms with E-state index in [9.17, 15) is 53.7 Å². The van der Waals surface area contributed by atoms with Crippen LogP contribution in [0.3, 0.4) is 0 Å². The number of ether oxygens (including phenoxy) is 6. The van der Waals surface area contributed by atoms with Gasteiger partial charge in [0.2, 0.25) is 12.0 Å². The van der Waals surface area contributed by atoms with E-state index in [4.69, 9.17) is 33.5 Å². The molecule has 1 heterocycles. The maximum absolute atomic E-state index is 15.5. The van der Waals surface area contributed by atoms with Crippen molar-refractivity contribution in [2.45, 2.75) is 145 Å². The number of carbonyl (C=O) groups excluding carboxylic acids is 8. The van der Waals surface area contributed by atoms with Crippen LogP contribution < -0.4 is 10.6 Å². The number of hydrogen-bond donors (Lipinski definition) is 6. The Hall–Kier alpha value is -7.82. The molecule has 1 unspecified atom stereocenters. The zero-order valence-electron chi connectivity index (χ0n) is 43.2. The molecular formula is C56H62N2O20. The fourth-order valence-corrected chi connectivity index (χ4v) is 11.1. The number of carboxylic acids is 2. The van der Waals surface area contributed by atoms with Crippen LogP contribution in [-0.2, 0) is 66.8 Å². The molecule has 7 rings (SSSR count). The van der Waals surface area contributed by atoms with Gasteiger partial charge in [0.05, 0.1) is 29.6 Å². The van der Waals surface area contributed by atoms with E-state index < -0.39 is 156 Å². The molecular weight excluding hydrogens is 1020 g/mol. The van der Waals surface area contributed by atoms with Gasteiger partial charge in [-0.1, -0.05) is 66.7 Å². The molecule has 0 aromatic heterocycles. The van der Waals surface area contributed by atoms with E-state index in [2.05, 4.69) is 10.6 Å². The van der Waals surface area contributed by atoms with E-state index in [1.54, 1.807) is 66.7 Å². The monoisotopic (exact) mass is 1080 g/mol. The summed E-state index contributed by atoms with van der Waals surface area (Å²) in [5.41, 5.74) is -5.98. The van der Waals surface area contributed by atoms with Crippen LogP contribution in [0.25, 0.3) is 0 Å². The standard InChI is InChI=1S/C56H62N2O20/c1-30-36-27-55(72,49(77-52(70)35-20-12-7-13-21-35)47-54(4,48(66)45(36)74-31(2)59)39(61)26-40-56(47,29-73-40)78-32(3)60)28-38(30)75-53(71)46(44(33-16-8-5-9-17-33)58-50(67)34-18-10-6-11-19-34)76-43(65)23-15-14-22-41(62)57-37(51(68)69)24-25-42(63)64/h5-13,16-21,37-40,44-47,49,61,72H,14-15,22-29H2,1-4H3,(H,57,62)(H,58,67)(H,63,64)(H,68,69)/t37-,38-,39-,40+,44-,45+,46+,47?,49-,54+,55+,56-/m0/s1. The van der Waals surface area contributed by atoms with E-state index in [1.807, 2.05) is 0 Å². The van der Waals surface area contributed by atoms with Crippen LogP contribution in [0.4, 0.5) is 0 Å². The number of fused-ring (bicyclic) bond motifs is 5. The maximum Gasteiger partial charge on any atom is 0.350 e. The van der Waals surface area contributed by atoms with Gasteiger partial charge in [0, 0.05) is 57.9 Å². The minimum Gasteiger partial charge on any atom is -0.481 e. The van der Waals surface area contributed by atoms with Gasteiger partial charge >= 0.3 is 41.8 Å². The predicted molar refractivity (Wildman–Crippen MR) is 267 cm³/mol. The van der Waals surface area contributed by atoms with Crippen molar-refractivity contribution in [2.24, 2.45) is 11.3 Å². The van der Waals surface area contributed by atoms with Gasteiger partial charge in [-0.3, -0.25) is 33.6 Å². The van der Waals surface area contributed by atoms with Crippen LogP contribution in [0.5, 0.6) is 0 Å². The van der Waals surface area contributed by atoms with E-state index in [-0.39, 0.29) is 66.5 Å². The van der Waals surface area contributed by atoms with Gasteiger partial charge in [-0.15, -0.1) is 0 Å². The Bertz CT molecular complexity index is 2820. The summed E-state index contributed by atoms with van der Waals surface area (Å²) in [4.78, 5) is 134. The third-order valence-corrected chi connectivity index (χ3v) is 15.0. The van der Waals surface area contributed by atoms with Gasteiger partial charge in [0.25, 0.3) is 5.91 Å². The third kappa shape index (κ3) is 12.5. The van der Waals surface area contributed by atoms with Crippen molar-refractivity contribution in [3.05, 3.63) is 119 Å². The number of Topliss-reactive ketones (excluding diaryl/α,β-unsaturated/α-hetero) is 1. The quantitative estimate of drug-likeness (QED) is 0.0384. The Morgan fingerprint density at radius 1 is 0.782 bits per heavy atom. The summed E-state index contributed by atoms with van der Waals surface area (Å²) in [6.07, 6.45) is -13.3. The van der Waals surface area contributed by atoms with E-state index in [1.165, 1.54) is 38.1 Å². The topological polar surface area (TPSA) is 331 Å². The number of unbranched alkanes of at least 4 members (excludes halogenated alkanes) is 1. The Balaban J connectivity index is 1.28. The highest BCUT2D eigenvalue weighted by Crippen LogP contribution is 2.61. The molecule has 0 radical (unpaired) electrons. The summed E-state index contributed by atoms with van der Waals surface area (Å²) in [5, 5.41) is 49.1.